The van der Waals surface area contributed by atoms with Crippen molar-refractivity contribution in [3.63, 3.8) is 0 Å². The van der Waals surface area contributed by atoms with Gasteiger partial charge in [0.2, 0.25) is 0 Å². The summed E-state index contributed by atoms with van der Waals surface area (Å²) >= 11 is 0. The van der Waals surface area contributed by atoms with E-state index in [2.05, 4.69) is 6.58 Å². The SMILES string of the molecule is C=C1C=C(C)C(=O)N1C.CC. The minimum absolute atomic E-state index is 0.0556. The fourth-order valence-electron chi connectivity index (χ4n) is 0.803. The molecule has 2 nitrogen and oxygen atoms in total. The summed E-state index contributed by atoms with van der Waals surface area (Å²) in [5, 5.41) is 0. The van der Waals surface area contributed by atoms with Crippen molar-refractivity contribution >= 4 is 5.91 Å². The number of hydrogen-bond acceptors (Lipinski definition) is 1. The Kier molecular flexibility index (Phi) is 3.58. The number of amides is 1. The van der Waals surface area contributed by atoms with Crippen LogP contribution in [0.25, 0.3) is 0 Å². The predicted octanol–water partition coefficient (Wildman–Crippen LogP) is 1.94. The van der Waals surface area contributed by atoms with E-state index in [-0.39, 0.29) is 5.91 Å². The van der Waals surface area contributed by atoms with Gasteiger partial charge in [0, 0.05) is 18.3 Å². The summed E-state index contributed by atoms with van der Waals surface area (Å²) in [4.78, 5) is 12.4. The zero-order valence-corrected chi connectivity index (χ0v) is 7.64. The third-order valence-electron chi connectivity index (χ3n) is 1.46. The van der Waals surface area contributed by atoms with Gasteiger partial charge in [-0.05, 0) is 13.0 Å². The molecule has 0 atom stereocenters. The Morgan fingerprint density at radius 3 is 2.00 bits per heavy atom. The van der Waals surface area contributed by atoms with Crippen LogP contribution >= 0.6 is 0 Å². The smallest absolute Gasteiger partial charge is 0.253 e. The summed E-state index contributed by atoms with van der Waals surface area (Å²) in [5.74, 6) is 0.0556. The molecule has 62 valence electrons. The molecule has 0 fully saturated rings. The van der Waals surface area contributed by atoms with Crippen molar-refractivity contribution in [2.75, 3.05) is 7.05 Å². The molecule has 2 heteroatoms. The van der Waals surface area contributed by atoms with Crippen molar-refractivity contribution < 1.29 is 4.79 Å². The van der Waals surface area contributed by atoms with E-state index in [9.17, 15) is 4.79 Å². The second-order valence-corrected chi connectivity index (χ2v) is 2.18. The Morgan fingerprint density at radius 1 is 1.45 bits per heavy atom. The van der Waals surface area contributed by atoms with Gasteiger partial charge >= 0.3 is 0 Å². The van der Waals surface area contributed by atoms with Gasteiger partial charge in [-0.2, -0.15) is 0 Å². The lowest BCUT2D eigenvalue weighted by Gasteiger charge is -2.08. The van der Waals surface area contributed by atoms with Crippen LogP contribution in [-0.2, 0) is 4.79 Å². The molecule has 11 heavy (non-hydrogen) atoms. The van der Waals surface area contributed by atoms with E-state index in [0.29, 0.717) is 0 Å². The molecule has 0 saturated carbocycles. The highest BCUT2D eigenvalue weighted by Crippen LogP contribution is 2.15. The Morgan fingerprint density at radius 2 is 1.91 bits per heavy atom. The first-order valence-corrected chi connectivity index (χ1v) is 3.78. The molecule has 0 bridgehead atoms. The van der Waals surface area contributed by atoms with Crippen LogP contribution < -0.4 is 0 Å². The van der Waals surface area contributed by atoms with E-state index >= 15 is 0 Å². The molecule has 1 rings (SSSR count). The molecule has 1 aliphatic heterocycles. The second kappa shape index (κ2) is 3.96. The van der Waals surface area contributed by atoms with Gasteiger partial charge < -0.3 is 4.90 Å². The lowest BCUT2D eigenvalue weighted by atomic mass is 10.3. The maximum absolute atomic E-state index is 10.9. The first-order valence-electron chi connectivity index (χ1n) is 3.78. The van der Waals surface area contributed by atoms with Gasteiger partial charge in [-0.3, -0.25) is 4.79 Å². The highest BCUT2D eigenvalue weighted by molar-refractivity contribution is 5.97. The standard InChI is InChI=1S/C7H9NO.C2H6/c1-5-4-6(2)8(3)7(5)9;1-2/h4H,2H2,1,3H3;1-2H3. The quantitative estimate of drug-likeness (QED) is 0.521. The van der Waals surface area contributed by atoms with E-state index in [1.807, 2.05) is 13.8 Å². The highest BCUT2D eigenvalue weighted by atomic mass is 16.2. The lowest BCUT2D eigenvalue weighted by molar-refractivity contribution is -0.123. The molecule has 0 saturated heterocycles. The number of carbonyl (C=O) groups is 1. The van der Waals surface area contributed by atoms with Crippen LogP contribution in [0.2, 0.25) is 0 Å². The Hall–Kier alpha value is -1.05. The molecule has 1 heterocycles. The van der Waals surface area contributed by atoms with Crippen molar-refractivity contribution in [1.82, 2.24) is 4.90 Å². The van der Waals surface area contributed by atoms with Gasteiger partial charge in [-0.1, -0.05) is 20.4 Å². The number of hydrogen-bond donors (Lipinski definition) is 0. The topological polar surface area (TPSA) is 20.3 Å². The molecule has 0 aromatic heterocycles. The van der Waals surface area contributed by atoms with Crippen LogP contribution in [0.1, 0.15) is 20.8 Å². The highest BCUT2D eigenvalue weighted by Gasteiger charge is 2.18. The molecular weight excluding hydrogens is 138 g/mol. The lowest BCUT2D eigenvalue weighted by Crippen LogP contribution is -2.18. The summed E-state index contributed by atoms with van der Waals surface area (Å²) in [6, 6.07) is 0. The zero-order valence-electron chi connectivity index (χ0n) is 7.64. The minimum Gasteiger partial charge on any atom is -0.312 e. The van der Waals surface area contributed by atoms with Crippen LogP contribution in [0, 0.1) is 0 Å². The van der Waals surface area contributed by atoms with E-state index < -0.39 is 0 Å². The van der Waals surface area contributed by atoms with Crippen LogP contribution in [0.5, 0.6) is 0 Å². The Labute approximate surface area is 68.2 Å². The molecule has 0 aromatic rings. The normalized spacial score (nSPS) is 16.0. The maximum atomic E-state index is 10.9. The molecule has 0 radical (unpaired) electrons. The summed E-state index contributed by atoms with van der Waals surface area (Å²) in [6.45, 7) is 9.45. The number of rotatable bonds is 0. The molecule has 0 spiro atoms. The Balaban J connectivity index is 0.000000461. The number of nitrogens with zero attached hydrogens (tertiary/aromatic N) is 1. The van der Waals surface area contributed by atoms with Gasteiger partial charge in [0.15, 0.2) is 0 Å². The fourth-order valence-corrected chi connectivity index (χ4v) is 0.803. The first kappa shape index (κ1) is 9.95. The average molecular weight is 153 g/mol. The van der Waals surface area contributed by atoms with E-state index in [4.69, 9.17) is 0 Å². The zero-order chi connectivity index (χ0) is 9.02. The van der Waals surface area contributed by atoms with Crippen molar-refractivity contribution in [1.29, 1.82) is 0 Å². The maximum Gasteiger partial charge on any atom is 0.253 e. The van der Waals surface area contributed by atoms with Crippen LogP contribution in [0.3, 0.4) is 0 Å². The molecule has 1 aliphatic rings. The minimum atomic E-state index is 0.0556. The van der Waals surface area contributed by atoms with E-state index in [0.717, 1.165) is 11.3 Å². The fraction of sp³-hybridized carbons (Fsp3) is 0.444. The molecule has 0 N–H and O–H groups in total. The van der Waals surface area contributed by atoms with Crippen LogP contribution in [-0.4, -0.2) is 17.9 Å². The monoisotopic (exact) mass is 153 g/mol. The number of carbonyl (C=O) groups excluding carboxylic acids is 1. The van der Waals surface area contributed by atoms with Crippen molar-refractivity contribution in [2.45, 2.75) is 20.8 Å². The van der Waals surface area contributed by atoms with E-state index in [1.165, 1.54) is 4.90 Å². The van der Waals surface area contributed by atoms with Crippen LogP contribution in [0.4, 0.5) is 0 Å². The third kappa shape index (κ3) is 1.93. The molecule has 0 unspecified atom stereocenters. The molecular formula is C9H15NO. The van der Waals surface area contributed by atoms with E-state index in [1.54, 1.807) is 20.0 Å². The molecule has 1 amide bonds. The van der Waals surface area contributed by atoms with Gasteiger partial charge in [0.25, 0.3) is 5.91 Å². The van der Waals surface area contributed by atoms with Gasteiger partial charge in [0.05, 0.1) is 0 Å². The van der Waals surface area contributed by atoms with Gasteiger partial charge in [-0.25, -0.2) is 0 Å². The predicted molar refractivity (Wildman–Crippen MR) is 47.0 cm³/mol. The molecule has 0 aromatic carbocycles. The van der Waals surface area contributed by atoms with Crippen molar-refractivity contribution in [2.24, 2.45) is 0 Å². The van der Waals surface area contributed by atoms with Crippen LogP contribution in [0.15, 0.2) is 23.9 Å². The summed E-state index contributed by atoms with van der Waals surface area (Å²) < 4.78 is 0. The Bertz CT molecular complexity index is 204. The second-order valence-electron chi connectivity index (χ2n) is 2.18. The molecule has 0 aliphatic carbocycles. The third-order valence-corrected chi connectivity index (χ3v) is 1.46. The van der Waals surface area contributed by atoms with Crippen molar-refractivity contribution in [3.05, 3.63) is 23.9 Å². The largest absolute Gasteiger partial charge is 0.312 e. The summed E-state index contributed by atoms with van der Waals surface area (Å²) in [5.41, 5.74) is 1.54. The summed E-state index contributed by atoms with van der Waals surface area (Å²) in [6.07, 6.45) is 1.78. The average Bonchev–Trinajstić information content (AvgIpc) is 2.22. The summed E-state index contributed by atoms with van der Waals surface area (Å²) in [7, 11) is 1.72. The first-order chi connectivity index (χ1) is 5.13. The van der Waals surface area contributed by atoms with Gasteiger partial charge in [0.1, 0.15) is 0 Å². The number of allylic oxidation sites excluding steroid dienone is 1. The van der Waals surface area contributed by atoms with Gasteiger partial charge in [-0.15, -0.1) is 0 Å². The van der Waals surface area contributed by atoms with Crippen molar-refractivity contribution in [3.8, 4) is 0 Å². The number of likely N-dealkylation sites (N-methyl/N-ethyl adjacent to an activating group) is 1.